The standard InChI is InChI=1S/C46H33BrN4/c47-29-28-30-16-18-34(19-17-30)46-41-26-24-39(50-41)44(32-12-6-2-7-13-32)37-22-20-35(48-37)43(31-10-4-1-5-11-31)36-21-23-38(49-36)45(33-14-8-3-9-15-33)40-25-27-42(46)51-40/h1-27,48-49H,28-29H2. The fourth-order valence-corrected chi connectivity index (χ4v) is 7.64. The first-order chi connectivity index (χ1) is 25.2. The van der Waals surface area contributed by atoms with E-state index in [1.807, 2.05) is 0 Å². The predicted octanol–water partition coefficient (Wildman–Crippen LogP) is 12.3. The average molecular weight is 722 g/mol. The summed E-state index contributed by atoms with van der Waals surface area (Å²) in [6.07, 6.45) is 9.52. The number of H-pyrrole nitrogens is 2. The minimum absolute atomic E-state index is 0.884. The summed E-state index contributed by atoms with van der Waals surface area (Å²) in [6.45, 7) is 0. The summed E-state index contributed by atoms with van der Waals surface area (Å²) in [7, 11) is 0. The quantitative estimate of drug-likeness (QED) is 0.168. The number of halogens is 1. The number of aromatic nitrogens is 4. The molecule has 0 amide bonds. The van der Waals surface area contributed by atoms with Crippen LogP contribution in [0.25, 0.3) is 90.9 Å². The fraction of sp³-hybridized carbons (Fsp3) is 0.0435. The van der Waals surface area contributed by atoms with E-state index in [0.717, 1.165) is 101 Å². The van der Waals surface area contributed by atoms with E-state index in [-0.39, 0.29) is 0 Å². The van der Waals surface area contributed by atoms with Gasteiger partial charge < -0.3 is 9.97 Å². The monoisotopic (exact) mass is 720 g/mol. The van der Waals surface area contributed by atoms with Crippen molar-refractivity contribution in [1.82, 2.24) is 19.9 Å². The second kappa shape index (κ2) is 13.3. The zero-order valence-corrected chi connectivity index (χ0v) is 29.4. The van der Waals surface area contributed by atoms with Crippen molar-refractivity contribution in [3.8, 4) is 44.5 Å². The fourth-order valence-electron chi connectivity index (χ4n) is 7.18. The van der Waals surface area contributed by atoms with E-state index in [1.54, 1.807) is 0 Å². The first-order valence-electron chi connectivity index (χ1n) is 17.2. The van der Waals surface area contributed by atoms with Gasteiger partial charge in [0.05, 0.1) is 22.8 Å². The molecule has 244 valence electrons. The second-order valence-electron chi connectivity index (χ2n) is 12.7. The van der Waals surface area contributed by atoms with Crippen molar-refractivity contribution in [3.63, 3.8) is 0 Å². The molecule has 0 unspecified atom stereocenters. The smallest absolute Gasteiger partial charge is 0.0738 e. The number of hydrogen-bond donors (Lipinski definition) is 2. The summed E-state index contributed by atoms with van der Waals surface area (Å²) in [4.78, 5) is 18.4. The van der Waals surface area contributed by atoms with E-state index in [1.165, 1.54) is 5.56 Å². The van der Waals surface area contributed by atoms with Crippen LogP contribution >= 0.6 is 15.9 Å². The molecule has 4 nitrogen and oxygen atoms in total. The van der Waals surface area contributed by atoms with Gasteiger partial charge in [0, 0.05) is 49.7 Å². The molecule has 8 bridgehead atoms. The first-order valence-corrected chi connectivity index (χ1v) is 18.3. The zero-order chi connectivity index (χ0) is 34.1. The molecular formula is C46H33BrN4. The molecule has 4 aromatic carbocycles. The number of rotatable bonds is 6. The van der Waals surface area contributed by atoms with Gasteiger partial charge in [-0.2, -0.15) is 0 Å². The highest BCUT2D eigenvalue weighted by Crippen LogP contribution is 2.38. The van der Waals surface area contributed by atoms with Crippen molar-refractivity contribution in [2.24, 2.45) is 0 Å². The van der Waals surface area contributed by atoms with Gasteiger partial charge in [0.1, 0.15) is 0 Å². The van der Waals surface area contributed by atoms with Crippen molar-refractivity contribution < 1.29 is 0 Å². The van der Waals surface area contributed by atoms with Gasteiger partial charge in [-0.15, -0.1) is 0 Å². The van der Waals surface area contributed by atoms with Crippen LogP contribution in [-0.2, 0) is 6.42 Å². The third-order valence-corrected chi connectivity index (χ3v) is 9.96. The molecule has 0 fully saturated rings. The number of hydrogen-bond acceptors (Lipinski definition) is 2. The minimum Gasteiger partial charge on any atom is -0.354 e. The third kappa shape index (κ3) is 5.86. The molecular weight excluding hydrogens is 688 g/mol. The molecule has 7 aromatic rings. The Kier molecular flexibility index (Phi) is 8.11. The third-order valence-electron chi connectivity index (χ3n) is 9.57. The van der Waals surface area contributed by atoms with Crippen LogP contribution in [0.3, 0.4) is 0 Å². The summed E-state index contributed by atoms with van der Waals surface area (Å²) in [5.74, 6) is 0. The number of benzene rings is 4. The molecule has 51 heavy (non-hydrogen) atoms. The molecule has 3 aromatic heterocycles. The van der Waals surface area contributed by atoms with Gasteiger partial charge >= 0.3 is 0 Å². The lowest BCUT2D eigenvalue weighted by atomic mass is 10.00. The minimum atomic E-state index is 0.884. The number of aryl methyl sites for hydroxylation is 1. The van der Waals surface area contributed by atoms with Crippen LogP contribution in [0.1, 0.15) is 28.3 Å². The van der Waals surface area contributed by atoms with Crippen LogP contribution in [0, 0.1) is 0 Å². The maximum Gasteiger partial charge on any atom is 0.0738 e. The average Bonchev–Trinajstić information content (AvgIpc) is 4.02. The Morgan fingerprint density at radius 1 is 0.373 bits per heavy atom. The molecule has 0 saturated carbocycles. The molecule has 2 aliphatic rings. The lowest BCUT2D eigenvalue weighted by molar-refractivity contribution is 1.17. The van der Waals surface area contributed by atoms with Gasteiger partial charge in [0.15, 0.2) is 0 Å². The van der Waals surface area contributed by atoms with Crippen molar-refractivity contribution in [3.05, 3.63) is 168 Å². The predicted molar refractivity (Wildman–Crippen MR) is 218 cm³/mol. The molecule has 2 N–H and O–H groups in total. The Morgan fingerprint density at radius 2 is 0.725 bits per heavy atom. The van der Waals surface area contributed by atoms with Crippen molar-refractivity contribution >= 4 is 62.3 Å². The van der Waals surface area contributed by atoms with Gasteiger partial charge in [-0.25, -0.2) is 9.97 Å². The molecule has 5 heterocycles. The Hall–Kier alpha value is -6.04. The largest absolute Gasteiger partial charge is 0.354 e. The highest BCUT2D eigenvalue weighted by atomic mass is 79.9. The maximum absolute atomic E-state index is 5.39. The number of aromatic amines is 2. The number of fused-ring (bicyclic) bond motifs is 8. The topological polar surface area (TPSA) is 57.4 Å². The highest BCUT2D eigenvalue weighted by molar-refractivity contribution is 9.09. The Morgan fingerprint density at radius 3 is 1.14 bits per heavy atom. The summed E-state index contributed by atoms with van der Waals surface area (Å²) in [6, 6.07) is 49.2. The molecule has 9 rings (SSSR count). The van der Waals surface area contributed by atoms with Crippen LogP contribution in [0.15, 0.2) is 140 Å². The number of nitrogens with one attached hydrogen (secondary N) is 2. The van der Waals surface area contributed by atoms with Gasteiger partial charge in [-0.1, -0.05) is 131 Å². The Labute approximate surface area is 305 Å². The van der Waals surface area contributed by atoms with E-state index in [2.05, 4.69) is 190 Å². The summed E-state index contributed by atoms with van der Waals surface area (Å²) in [5.41, 5.74) is 17.5. The van der Waals surface area contributed by atoms with Crippen molar-refractivity contribution in [2.45, 2.75) is 6.42 Å². The van der Waals surface area contributed by atoms with Gasteiger partial charge in [-0.3, -0.25) is 0 Å². The van der Waals surface area contributed by atoms with Crippen molar-refractivity contribution in [2.75, 3.05) is 5.33 Å². The van der Waals surface area contributed by atoms with E-state index < -0.39 is 0 Å². The van der Waals surface area contributed by atoms with Gasteiger partial charge in [0.2, 0.25) is 0 Å². The van der Waals surface area contributed by atoms with Crippen LogP contribution in [0.4, 0.5) is 0 Å². The SMILES string of the molecule is BrCCc1ccc(-c2c3nc(c(-c4ccccc4)c4ccc([nH]4)c(-c4ccccc4)c4ccc([nH]4)c(-c4ccccc4)c4nc2C=C4)C=C3)cc1. The maximum atomic E-state index is 5.39. The molecule has 0 saturated heterocycles. The number of alkyl halides is 1. The van der Waals surface area contributed by atoms with Gasteiger partial charge in [0.25, 0.3) is 0 Å². The summed E-state index contributed by atoms with van der Waals surface area (Å²) < 4.78 is 0. The molecule has 0 radical (unpaired) electrons. The molecule has 2 aliphatic heterocycles. The van der Waals surface area contributed by atoms with Crippen LogP contribution in [0.5, 0.6) is 0 Å². The van der Waals surface area contributed by atoms with Crippen molar-refractivity contribution in [1.29, 1.82) is 0 Å². The molecule has 5 heteroatoms. The molecule has 0 atom stereocenters. The summed E-state index contributed by atoms with van der Waals surface area (Å²) in [5, 5.41) is 0.923. The summed E-state index contributed by atoms with van der Waals surface area (Å²) >= 11 is 3.60. The van der Waals surface area contributed by atoms with Crippen LogP contribution in [-0.4, -0.2) is 25.3 Å². The lowest BCUT2D eigenvalue weighted by Crippen LogP contribution is -1.92. The zero-order valence-electron chi connectivity index (χ0n) is 27.8. The first kappa shape index (κ1) is 31.0. The molecule has 0 spiro atoms. The molecule has 0 aliphatic carbocycles. The van der Waals surface area contributed by atoms with Gasteiger partial charge in [-0.05, 0) is 82.8 Å². The van der Waals surface area contributed by atoms with E-state index in [0.29, 0.717) is 0 Å². The Bertz CT molecular complexity index is 2480. The van der Waals surface area contributed by atoms with E-state index in [9.17, 15) is 0 Å². The highest BCUT2D eigenvalue weighted by Gasteiger charge is 2.19. The van der Waals surface area contributed by atoms with E-state index in [4.69, 9.17) is 9.97 Å². The number of nitrogens with zero attached hydrogens (tertiary/aromatic N) is 2. The Balaban J connectivity index is 1.45. The second-order valence-corrected chi connectivity index (χ2v) is 13.5. The lowest BCUT2D eigenvalue weighted by Gasteiger charge is -2.08. The van der Waals surface area contributed by atoms with E-state index >= 15 is 0 Å². The van der Waals surface area contributed by atoms with Crippen LogP contribution < -0.4 is 0 Å². The van der Waals surface area contributed by atoms with Crippen LogP contribution in [0.2, 0.25) is 0 Å². The normalized spacial score (nSPS) is 12.0.